The van der Waals surface area contributed by atoms with Crippen LogP contribution in [-0.2, 0) is 4.79 Å². The zero-order valence-electron chi connectivity index (χ0n) is 10.6. The van der Waals surface area contributed by atoms with Crippen LogP contribution in [0.15, 0.2) is 0 Å². The van der Waals surface area contributed by atoms with Crippen molar-refractivity contribution in [2.45, 2.75) is 45.6 Å². The van der Waals surface area contributed by atoms with Crippen LogP contribution >= 0.6 is 0 Å². The van der Waals surface area contributed by atoms with Crippen molar-refractivity contribution < 1.29 is 14.7 Å². The molecule has 0 radical (unpaired) electrons. The van der Waals surface area contributed by atoms with Gasteiger partial charge in [-0.1, -0.05) is 20.3 Å². The van der Waals surface area contributed by atoms with Gasteiger partial charge in [0.25, 0.3) is 0 Å². The van der Waals surface area contributed by atoms with Gasteiger partial charge < -0.3 is 15.3 Å². The Morgan fingerprint density at radius 1 is 1.47 bits per heavy atom. The Kier molecular flexibility index (Phi) is 5.25. The van der Waals surface area contributed by atoms with Gasteiger partial charge >= 0.3 is 12.0 Å². The average Bonchev–Trinajstić information content (AvgIpc) is 2.35. The summed E-state index contributed by atoms with van der Waals surface area (Å²) in [6.45, 7) is 5.36. The van der Waals surface area contributed by atoms with Gasteiger partial charge in [0.2, 0.25) is 0 Å². The number of piperidine rings is 1. The van der Waals surface area contributed by atoms with Crippen LogP contribution in [0.1, 0.15) is 39.5 Å². The van der Waals surface area contributed by atoms with Gasteiger partial charge in [-0.05, 0) is 25.2 Å². The lowest BCUT2D eigenvalue weighted by Crippen LogP contribution is -2.50. The molecule has 5 heteroatoms. The van der Waals surface area contributed by atoms with Gasteiger partial charge in [-0.15, -0.1) is 0 Å². The Morgan fingerprint density at radius 2 is 2.18 bits per heavy atom. The largest absolute Gasteiger partial charge is 0.480 e. The smallest absolute Gasteiger partial charge is 0.326 e. The molecule has 5 nitrogen and oxygen atoms in total. The predicted octanol–water partition coefficient (Wildman–Crippen LogP) is 1.68. The van der Waals surface area contributed by atoms with E-state index in [-0.39, 0.29) is 6.03 Å². The van der Waals surface area contributed by atoms with Crippen LogP contribution in [0.25, 0.3) is 0 Å². The van der Waals surface area contributed by atoms with E-state index in [4.69, 9.17) is 5.11 Å². The number of nitrogens with one attached hydrogen (secondary N) is 1. The van der Waals surface area contributed by atoms with Gasteiger partial charge in [0, 0.05) is 13.1 Å². The summed E-state index contributed by atoms with van der Waals surface area (Å²) in [6, 6.07) is -1.01. The van der Waals surface area contributed by atoms with Gasteiger partial charge in [0.1, 0.15) is 6.04 Å². The molecule has 0 aromatic rings. The van der Waals surface area contributed by atoms with E-state index < -0.39 is 12.0 Å². The standard InChI is InChI=1S/C12H22N2O3/c1-3-9-6-5-7-14(8-9)12(17)13-10(4-2)11(15)16/h9-10H,3-8H2,1-2H3,(H,13,17)(H,15,16)/t9?,10-/m0/s1. The van der Waals surface area contributed by atoms with E-state index in [1.54, 1.807) is 11.8 Å². The molecule has 98 valence electrons. The molecular weight excluding hydrogens is 220 g/mol. The molecule has 0 bridgehead atoms. The van der Waals surface area contributed by atoms with E-state index in [2.05, 4.69) is 12.2 Å². The van der Waals surface area contributed by atoms with Gasteiger partial charge in [-0.3, -0.25) is 0 Å². The fraction of sp³-hybridized carbons (Fsp3) is 0.833. The third-order valence-corrected chi connectivity index (χ3v) is 3.39. The van der Waals surface area contributed by atoms with Crippen LogP contribution in [0.3, 0.4) is 0 Å². The molecule has 0 aromatic heterocycles. The molecule has 1 rings (SSSR count). The maximum atomic E-state index is 11.9. The van der Waals surface area contributed by atoms with Crippen molar-refractivity contribution in [1.82, 2.24) is 10.2 Å². The molecule has 1 aliphatic heterocycles. The third-order valence-electron chi connectivity index (χ3n) is 3.39. The van der Waals surface area contributed by atoms with Crippen LogP contribution in [0.2, 0.25) is 0 Å². The van der Waals surface area contributed by atoms with E-state index in [9.17, 15) is 9.59 Å². The Balaban J connectivity index is 2.48. The maximum Gasteiger partial charge on any atom is 0.326 e. The Morgan fingerprint density at radius 3 is 2.71 bits per heavy atom. The molecule has 2 atom stereocenters. The molecule has 1 fully saturated rings. The van der Waals surface area contributed by atoms with Gasteiger partial charge in [0.05, 0.1) is 0 Å². The number of likely N-dealkylation sites (tertiary alicyclic amines) is 1. The number of nitrogens with zero attached hydrogens (tertiary/aromatic N) is 1. The van der Waals surface area contributed by atoms with Crippen LogP contribution in [0, 0.1) is 5.92 Å². The van der Waals surface area contributed by atoms with Crippen LogP contribution in [-0.4, -0.2) is 41.1 Å². The summed E-state index contributed by atoms with van der Waals surface area (Å²) in [5.41, 5.74) is 0. The first-order chi connectivity index (χ1) is 8.08. The lowest BCUT2D eigenvalue weighted by molar-refractivity contribution is -0.139. The molecule has 1 saturated heterocycles. The quantitative estimate of drug-likeness (QED) is 0.788. The number of amides is 2. The van der Waals surface area contributed by atoms with E-state index in [0.29, 0.717) is 12.3 Å². The number of carbonyl (C=O) groups is 2. The highest BCUT2D eigenvalue weighted by Crippen LogP contribution is 2.19. The van der Waals surface area contributed by atoms with Crippen molar-refractivity contribution in [3.8, 4) is 0 Å². The van der Waals surface area contributed by atoms with Crippen LogP contribution in [0.5, 0.6) is 0 Å². The minimum Gasteiger partial charge on any atom is -0.480 e. The van der Waals surface area contributed by atoms with Crippen LogP contribution in [0.4, 0.5) is 4.79 Å². The molecule has 0 aromatic carbocycles. The average molecular weight is 242 g/mol. The number of urea groups is 1. The number of hydrogen-bond donors (Lipinski definition) is 2. The molecule has 2 N–H and O–H groups in total. The third kappa shape index (κ3) is 3.91. The van der Waals surface area contributed by atoms with Crippen molar-refractivity contribution in [3.05, 3.63) is 0 Å². The lowest BCUT2D eigenvalue weighted by Gasteiger charge is -2.33. The van der Waals surface area contributed by atoms with Crippen molar-refractivity contribution in [1.29, 1.82) is 0 Å². The summed E-state index contributed by atoms with van der Waals surface area (Å²) < 4.78 is 0. The normalized spacial score (nSPS) is 22.0. The number of aliphatic carboxylic acids is 1. The summed E-state index contributed by atoms with van der Waals surface area (Å²) in [7, 11) is 0. The summed E-state index contributed by atoms with van der Waals surface area (Å²) in [6.07, 6.45) is 3.65. The van der Waals surface area contributed by atoms with E-state index >= 15 is 0 Å². The van der Waals surface area contributed by atoms with E-state index in [0.717, 1.165) is 32.4 Å². The van der Waals surface area contributed by atoms with Crippen molar-refractivity contribution in [2.75, 3.05) is 13.1 Å². The molecule has 1 aliphatic rings. The predicted molar refractivity (Wildman–Crippen MR) is 64.8 cm³/mol. The number of rotatable bonds is 4. The molecule has 1 heterocycles. The van der Waals surface area contributed by atoms with Crippen LogP contribution < -0.4 is 5.32 Å². The first-order valence-electron chi connectivity index (χ1n) is 6.36. The molecule has 17 heavy (non-hydrogen) atoms. The second kappa shape index (κ2) is 6.47. The monoisotopic (exact) mass is 242 g/mol. The van der Waals surface area contributed by atoms with E-state index in [1.165, 1.54) is 0 Å². The first-order valence-corrected chi connectivity index (χ1v) is 6.36. The summed E-state index contributed by atoms with van der Waals surface area (Å²) >= 11 is 0. The minimum absolute atomic E-state index is 0.239. The lowest BCUT2D eigenvalue weighted by atomic mass is 9.96. The summed E-state index contributed by atoms with van der Waals surface area (Å²) in [5, 5.41) is 11.5. The number of carbonyl (C=O) groups excluding carboxylic acids is 1. The van der Waals surface area contributed by atoms with Gasteiger partial charge in [0.15, 0.2) is 0 Å². The second-order valence-corrected chi connectivity index (χ2v) is 4.61. The minimum atomic E-state index is -0.968. The molecular formula is C12H22N2O3. The molecule has 0 aliphatic carbocycles. The zero-order valence-corrected chi connectivity index (χ0v) is 10.6. The van der Waals surface area contributed by atoms with Crippen molar-refractivity contribution >= 4 is 12.0 Å². The highest BCUT2D eigenvalue weighted by molar-refractivity contribution is 5.82. The highest BCUT2D eigenvalue weighted by atomic mass is 16.4. The second-order valence-electron chi connectivity index (χ2n) is 4.61. The fourth-order valence-corrected chi connectivity index (χ4v) is 2.16. The van der Waals surface area contributed by atoms with Crippen molar-refractivity contribution in [3.63, 3.8) is 0 Å². The molecule has 2 amide bonds. The molecule has 0 spiro atoms. The highest BCUT2D eigenvalue weighted by Gasteiger charge is 2.25. The molecule has 0 saturated carbocycles. The van der Waals surface area contributed by atoms with Gasteiger partial charge in [-0.25, -0.2) is 9.59 Å². The number of carboxylic acid groups (broad SMARTS) is 1. The first kappa shape index (κ1) is 13.8. The zero-order chi connectivity index (χ0) is 12.8. The number of hydrogen-bond acceptors (Lipinski definition) is 2. The summed E-state index contributed by atoms with van der Waals surface area (Å²) in [5.74, 6) is -0.413. The van der Waals surface area contributed by atoms with E-state index in [1.807, 2.05) is 0 Å². The Hall–Kier alpha value is -1.26. The molecule has 1 unspecified atom stereocenters. The van der Waals surface area contributed by atoms with Crippen molar-refractivity contribution in [2.24, 2.45) is 5.92 Å². The number of carboxylic acids is 1. The summed E-state index contributed by atoms with van der Waals surface area (Å²) in [4.78, 5) is 24.5. The Bertz CT molecular complexity index is 281. The topological polar surface area (TPSA) is 69.6 Å². The fourth-order valence-electron chi connectivity index (χ4n) is 2.16. The SMILES string of the molecule is CCC1CCCN(C(=O)N[C@@H](CC)C(=O)O)C1. The Labute approximate surface area is 102 Å². The van der Waals surface area contributed by atoms with Gasteiger partial charge in [-0.2, -0.15) is 0 Å². The maximum absolute atomic E-state index is 11.9.